The lowest BCUT2D eigenvalue weighted by molar-refractivity contribution is -0.288. The van der Waals surface area contributed by atoms with Crippen molar-refractivity contribution in [3.8, 4) is 11.5 Å². The van der Waals surface area contributed by atoms with E-state index in [1.165, 1.54) is 24.3 Å². The monoisotopic (exact) mass is 609 g/mol. The van der Waals surface area contributed by atoms with Crippen LogP contribution in [0.3, 0.4) is 0 Å². The minimum absolute atomic E-state index is 0.00350. The molecule has 2 aromatic carbocycles. The number of fused-ring (bicyclic) bond motifs is 1. The van der Waals surface area contributed by atoms with Gasteiger partial charge in [-0.3, -0.25) is 24.2 Å². The third kappa shape index (κ3) is 8.01. The number of rotatable bonds is 9. The van der Waals surface area contributed by atoms with E-state index in [4.69, 9.17) is 28.4 Å². The van der Waals surface area contributed by atoms with E-state index in [0.717, 1.165) is 38.5 Å². The van der Waals surface area contributed by atoms with E-state index in [2.05, 4.69) is 4.98 Å². The Balaban J connectivity index is 1.63. The molecule has 1 aliphatic heterocycles. The SMILES string of the molecule is CC(=O)OCC1OC(Oc2ccc(/C(O)=C\c3cc4ccccc4cn3)c(O)c2)C(OC(C)=O)C(OC(C)=O)C1OC(C)=O. The first-order chi connectivity index (χ1) is 20.9. The van der Waals surface area contributed by atoms with Gasteiger partial charge >= 0.3 is 23.9 Å². The fraction of sp³-hybridized carbons (Fsp3) is 0.323. The van der Waals surface area contributed by atoms with Gasteiger partial charge < -0.3 is 38.6 Å². The Morgan fingerprint density at radius 2 is 1.48 bits per heavy atom. The van der Waals surface area contributed by atoms with Crippen LogP contribution in [0.4, 0.5) is 0 Å². The van der Waals surface area contributed by atoms with Crippen molar-refractivity contribution in [3.63, 3.8) is 0 Å². The number of carbonyl (C=O) groups excluding carboxylic acids is 4. The highest BCUT2D eigenvalue weighted by Gasteiger charge is 2.53. The summed E-state index contributed by atoms with van der Waals surface area (Å²) in [5.74, 6) is -3.65. The second-order valence-electron chi connectivity index (χ2n) is 9.85. The molecule has 0 amide bonds. The lowest BCUT2D eigenvalue weighted by atomic mass is 9.98. The maximum atomic E-state index is 12.0. The topological polar surface area (TPSA) is 177 Å². The van der Waals surface area contributed by atoms with Gasteiger partial charge in [-0.1, -0.05) is 24.3 Å². The number of hydrogen-bond donors (Lipinski definition) is 2. The molecule has 2 heterocycles. The molecule has 13 nitrogen and oxygen atoms in total. The zero-order valence-electron chi connectivity index (χ0n) is 24.3. The van der Waals surface area contributed by atoms with E-state index < -0.39 is 61.2 Å². The summed E-state index contributed by atoms with van der Waals surface area (Å²) in [4.78, 5) is 51.8. The Morgan fingerprint density at radius 1 is 0.841 bits per heavy atom. The maximum Gasteiger partial charge on any atom is 0.303 e. The number of ether oxygens (including phenoxy) is 6. The predicted octanol–water partition coefficient (Wildman–Crippen LogP) is 3.46. The number of aliphatic hydroxyl groups excluding tert-OH is 1. The highest BCUT2D eigenvalue weighted by Crippen LogP contribution is 2.34. The molecule has 5 atom stereocenters. The third-order valence-electron chi connectivity index (χ3n) is 6.38. The van der Waals surface area contributed by atoms with Crippen molar-refractivity contribution < 1.29 is 57.8 Å². The van der Waals surface area contributed by atoms with Crippen LogP contribution in [0.5, 0.6) is 11.5 Å². The lowest BCUT2D eigenvalue weighted by Crippen LogP contribution is -2.63. The molecule has 5 unspecified atom stereocenters. The Kier molecular flexibility index (Phi) is 10.0. The molecule has 0 saturated carbocycles. The Hall–Kier alpha value is -5.17. The van der Waals surface area contributed by atoms with Crippen LogP contribution in [-0.4, -0.2) is 76.4 Å². The summed E-state index contributed by atoms with van der Waals surface area (Å²) in [5.41, 5.74) is 0.521. The first kappa shape index (κ1) is 31.8. The number of phenolic OH excluding ortho intramolecular Hbond substituents is 1. The number of pyridine rings is 1. The highest BCUT2D eigenvalue weighted by atomic mass is 16.7. The molecule has 1 fully saturated rings. The van der Waals surface area contributed by atoms with Gasteiger partial charge in [0, 0.05) is 51.4 Å². The minimum atomic E-state index is -1.49. The summed E-state index contributed by atoms with van der Waals surface area (Å²) in [7, 11) is 0. The van der Waals surface area contributed by atoms with Gasteiger partial charge in [0.25, 0.3) is 0 Å². The third-order valence-corrected chi connectivity index (χ3v) is 6.38. The Bertz CT molecular complexity index is 1580. The number of nitrogens with zero attached hydrogens (tertiary/aromatic N) is 1. The summed E-state index contributed by atoms with van der Waals surface area (Å²) in [5, 5.41) is 23.3. The van der Waals surface area contributed by atoms with E-state index in [1.54, 1.807) is 12.3 Å². The van der Waals surface area contributed by atoms with Crippen molar-refractivity contribution in [3.05, 3.63) is 66.0 Å². The van der Waals surface area contributed by atoms with Crippen LogP contribution in [0.2, 0.25) is 0 Å². The molecule has 13 heteroatoms. The van der Waals surface area contributed by atoms with Crippen molar-refractivity contribution in [1.82, 2.24) is 4.98 Å². The van der Waals surface area contributed by atoms with Gasteiger partial charge in [0.2, 0.25) is 12.4 Å². The summed E-state index contributed by atoms with van der Waals surface area (Å²) in [6.07, 6.45) is -3.87. The zero-order valence-corrected chi connectivity index (χ0v) is 24.3. The molecule has 232 valence electrons. The molecule has 1 aliphatic rings. The van der Waals surface area contributed by atoms with Crippen LogP contribution >= 0.6 is 0 Å². The number of benzene rings is 2. The van der Waals surface area contributed by atoms with E-state index in [-0.39, 0.29) is 22.8 Å². The number of carbonyl (C=O) groups is 4. The normalized spacial score (nSPS) is 21.6. The van der Waals surface area contributed by atoms with Gasteiger partial charge in [-0.05, 0) is 23.6 Å². The summed E-state index contributed by atoms with van der Waals surface area (Å²) in [6, 6.07) is 13.3. The van der Waals surface area contributed by atoms with Crippen LogP contribution in [0.1, 0.15) is 39.0 Å². The smallest absolute Gasteiger partial charge is 0.303 e. The molecule has 1 saturated heterocycles. The first-order valence-corrected chi connectivity index (χ1v) is 13.5. The van der Waals surface area contributed by atoms with Gasteiger partial charge in [0.1, 0.15) is 30.0 Å². The highest BCUT2D eigenvalue weighted by molar-refractivity contribution is 5.86. The average molecular weight is 610 g/mol. The number of aliphatic hydroxyl groups is 1. The quantitative estimate of drug-likeness (QED) is 0.205. The van der Waals surface area contributed by atoms with Gasteiger partial charge in [-0.2, -0.15) is 0 Å². The number of phenols is 1. The van der Waals surface area contributed by atoms with Gasteiger partial charge in [0.15, 0.2) is 12.2 Å². The standard InChI is InChI=1S/C31H31NO12/c1-16(33)39-15-27-28(40-17(2)34)29(41-18(3)35)30(42-19(4)36)31(44-27)43-23-9-10-24(26(38)13-23)25(37)12-22-11-20-7-5-6-8-21(20)14-32-22/h5-14,27-31,37-38H,15H2,1-4H3/b25-12+. The van der Waals surface area contributed by atoms with Crippen molar-refractivity contribution in [2.45, 2.75) is 58.4 Å². The van der Waals surface area contributed by atoms with Crippen LogP contribution in [0.25, 0.3) is 22.6 Å². The van der Waals surface area contributed by atoms with Crippen LogP contribution in [0, 0.1) is 0 Å². The second kappa shape index (κ2) is 13.9. The van der Waals surface area contributed by atoms with Crippen LogP contribution in [0.15, 0.2) is 54.7 Å². The van der Waals surface area contributed by atoms with Crippen LogP contribution in [-0.2, 0) is 42.9 Å². The number of aromatic nitrogens is 1. The number of aromatic hydroxyl groups is 1. The molecule has 44 heavy (non-hydrogen) atoms. The summed E-state index contributed by atoms with van der Waals surface area (Å²) >= 11 is 0. The van der Waals surface area contributed by atoms with Gasteiger partial charge in [0.05, 0.1) is 11.3 Å². The Labute approximate surface area is 251 Å². The summed E-state index contributed by atoms with van der Waals surface area (Å²) < 4.78 is 33.0. The van der Waals surface area contributed by atoms with Crippen molar-refractivity contribution in [2.75, 3.05) is 6.61 Å². The average Bonchev–Trinajstić information content (AvgIpc) is 2.94. The fourth-order valence-electron chi connectivity index (χ4n) is 4.62. The molecule has 4 rings (SSSR count). The summed E-state index contributed by atoms with van der Waals surface area (Å²) in [6.45, 7) is 4.05. The van der Waals surface area contributed by atoms with Gasteiger partial charge in [-0.25, -0.2) is 0 Å². The van der Waals surface area contributed by atoms with E-state index in [0.29, 0.717) is 5.69 Å². The number of esters is 4. The zero-order chi connectivity index (χ0) is 32.0. The maximum absolute atomic E-state index is 12.0. The van der Waals surface area contributed by atoms with E-state index in [1.807, 2.05) is 24.3 Å². The molecule has 0 bridgehead atoms. The molecule has 3 aromatic rings. The number of hydrogen-bond acceptors (Lipinski definition) is 13. The molecular formula is C31H31NO12. The second-order valence-corrected chi connectivity index (χ2v) is 9.85. The molecule has 2 N–H and O–H groups in total. The van der Waals surface area contributed by atoms with E-state index >= 15 is 0 Å². The molecule has 1 aromatic heterocycles. The molecule has 0 radical (unpaired) electrons. The molecule has 0 aliphatic carbocycles. The predicted molar refractivity (Wildman–Crippen MR) is 153 cm³/mol. The molecule has 0 spiro atoms. The first-order valence-electron chi connectivity index (χ1n) is 13.5. The van der Waals surface area contributed by atoms with Gasteiger partial charge in [-0.15, -0.1) is 0 Å². The molecular weight excluding hydrogens is 578 g/mol. The van der Waals surface area contributed by atoms with E-state index in [9.17, 15) is 29.4 Å². The van der Waals surface area contributed by atoms with Crippen LogP contribution < -0.4 is 4.74 Å². The Morgan fingerprint density at radius 3 is 2.11 bits per heavy atom. The minimum Gasteiger partial charge on any atom is -0.507 e. The van der Waals surface area contributed by atoms with Crippen molar-refractivity contribution >= 4 is 46.5 Å². The lowest BCUT2D eigenvalue weighted by Gasteiger charge is -2.43. The largest absolute Gasteiger partial charge is 0.507 e. The fourth-order valence-corrected chi connectivity index (χ4v) is 4.62. The van der Waals surface area contributed by atoms with Crippen molar-refractivity contribution in [1.29, 1.82) is 0 Å². The van der Waals surface area contributed by atoms with Crippen molar-refractivity contribution in [2.24, 2.45) is 0 Å².